The van der Waals surface area contributed by atoms with Gasteiger partial charge in [0.25, 0.3) is 0 Å². The molecule has 3 heteroatoms. The summed E-state index contributed by atoms with van der Waals surface area (Å²) in [6.07, 6.45) is 1.76. The Morgan fingerprint density at radius 1 is 0.605 bits per heavy atom. The van der Waals surface area contributed by atoms with E-state index >= 15 is 0 Å². The minimum Gasteiger partial charge on any atom is -0.344 e. The van der Waals surface area contributed by atoms with E-state index in [0.717, 1.165) is 21.7 Å². The van der Waals surface area contributed by atoms with E-state index in [-0.39, 0.29) is 22.6 Å². The van der Waals surface area contributed by atoms with Crippen LogP contribution in [0.15, 0.2) is 121 Å². The Balaban J connectivity index is 1.22. The van der Waals surface area contributed by atoms with E-state index < -0.39 is 0 Å². The Kier molecular flexibility index (Phi) is 5.39. The smallest absolute Gasteiger partial charge is 0.197 e. The summed E-state index contributed by atoms with van der Waals surface area (Å²) in [7, 11) is 2.14. The van der Waals surface area contributed by atoms with Crippen molar-refractivity contribution in [3.05, 3.63) is 149 Å². The second-order valence-corrected chi connectivity index (χ2v) is 12.2. The number of hydrogen-bond donors (Lipinski definition) is 0. The zero-order chi connectivity index (χ0) is 29.5. The Morgan fingerprint density at radius 3 is 1.95 bits per heavy atom. The second-order valence-electron chi connectivity index (χ2n) is 12.2. The van der Waals surface area contributed by atoms with Gasteiger partial charge in [-0.2, -0.15) is 0 Å². The number of hydrogen-bond acceptors (Lipinski definition) is 3. The average Bonchev–Trinajstić information content (AvgIpc) is 3.26. The lowest BCUT2D eigenvalue weighted by Crippen LogP contribution is -2.31. The number of carbonyl (C=O) groups excluding carboxylic acids is 2. The molecule has 8 rings (SSSR count). The van der Waals surface area contributed by atoms with Gasteiger partial charge in [0.1, 0.15) is 0 Å². The quantitative estimate of drug-likeness (QED) is 0.158. The first-order valence-electron chi connectivity index (χ1n) is 14.7. The van der Waals surface area contributed by atoms with Crippen molar-refractivity contribution >= 4 is 50.6 Å². The highest BCUT2D eigenvalue weighted by Crippen LogP contribution is 2.51. The molecule has 43 heavy (non-hydrogen) atoms. The molecule has 1 aliphatic heterocycles. The molecule has 6 aromatic rings. The van der Waals surface area contributed by atoms with Gasteiger partial charge in [0.2, 0.25) is 0 Å². The van der Waals surface area contributed by atoms with Gasteiger partial charge in [-0.25, -0.2) is 0 Å². The third-order valence-corrected chi connectivity index (χ3v) is 9.32. The van der Waals surface area contributed by atoms with Crippen molar-refractivity contribution < 1.29 is 9.59 Å². The van der Waals surface area contributed by atoms with E-state index in [2.05, 4.69) is 92.5 Å². The number of fused-ring (bicyclic) bond motifs is 6. The number of rotatable bonds is 2. The molecule has 1 heterocycles. The largest absolute Gasteiger partial charge is 0.344 e. The molecule has 0 spiro atoms. The highest BCUT2D eigenvalue weighted by molar-refractivity contribution is 6.42. The number of carbonyl (C=O) groups is 2. The van der Waals surface area contributed by atoms with E-state index in [1.165, 1.54) is 39.0 Å². The zero-order valence-corrected chi connectivity index (χ0v) is 24.3. The number of ketones is 2. The molecule has 0 fully saturated rings. The van der Waals surface area contributed by atoms with Crippen LogP contribution >= 0.6 is 0 Å². The molecule has 0 saturated carbocycles. The highest BCUT2D eigenvalue weighted by Gasteiger charge is 2.37. The summed E-state index contributed by atoms with van der Waals surface area (Å²) in [5.41, 5.74) is 9.17. The Labute approximate surface area is 250 Å². The Morgan fingerprint density at radius 2 is 1.26 bits per heavy atom. The third kappa shape index (κ3) is 3.74. The Hall–Kier alpha value is -5.28. The SMILES string of the molecule is CN1c2ccc(-c3ccccc3)cc2C(C)(C)c2c1ccc1cc(C=C3C(=O)c4cc5ccccc5cc4C3=O)ccc21. The van der Waals surface area contributed by atoms with Gasteiger partial charge in [0.15, 0.2) is 11.6 Å². The van der Waals surface area contributed by atoms with Crippen LogP contribution < -0.4 is 4.90 Å². The lowest BCUT2D eigenvalue weighted by molar-refractivity contribution is 0.0990. The van der Waals surface area contributed by atoms with Crippen LogP contribution in [0.25, 0.3) is 38.7 Å². The van der Waals surface area contributed by atoms with Crippen molar-refractivity contribution in [1.82, 2.24) is 0 Å². The maximum atomic E-state index is 13.4. The standard InChI is InChI=1S/C40H29NO2/c1-40(2)34-23-28(25-9-5-4-6-10-25)14-17-35(34)41(3)36-18-15-29-19-24(13-16-30(29)37(36)40)20-33-38(42)31-21-26-11-7-8-12-27(26)22-32(31)39(33)43/h4-23H,1-3H3. The summed E-state index contributed by atoms with van der Waals surface area (Å²) >= 11 is 0. The van der Waals surface area contributed by atoms with Crippen molar-refractivity contribution in [2.24, 2.45) is 0 Å². The number of Topliss-reactive ketones (excluding diaryl/α,β-unsaturated/α-hetero) is 2. The number of nitrogens with zero attached hydrogens (tertiary/aromatic N) is 1. The topological polar surface area (TPSA) is 37.4 Å². The third-order valence-electron chi connectivity index (χ3n) is 9.32. The van der Waals surface area contributed by atoms with Crippen LogP contribution in [0.1, 0.15) is 51.3 Å². The molecule has 2 aliphatic rings. The summed E-state index contributed by atoms with van der Waals surface area (Å²) in [5.74, 6) is -0.408. The molecule has 0 bridgehead atoms. The van der Waals surface area contributed by atoms with Crippen molar-refractivity contribution in [2.75, 3.05) is 11.9 Å². The summed E-state index contributed by atoms with van der Waals surface area (Å²) in [5, 5.41) is 4.18. The van der Waals surface area contributed by atoms with Crippen LogP contribution in [0.4, 0.5) is 11.4 Å². The van der Waals surface area contributed by atoms with E-state index in [1.807, 2.05) is 48.5 Å². The van der Waals surface area contributed by atoms with Gasteiger partial charge >= 0.3 is 0 Å². The van der Waals surface area contributed by atoms with Crippen LogP contribution in [0.3, 0.4) is 0 Å². The lowest BCUT2D eigenvalue weighted by Gasteiger charge is -2.41. The van der Waals surface area contributed by atoms with Crippen LogP contribution in [0, 0.1) is 0 Å². The molecule has 206 valence electrons. The van der Waals surface area contributed by atoms with Crippen LogP contribution in [-0.2, 0) is 5.41 Å². The predicted molar refractivity (Wildman–Crippen MR) is 177 cm³/mol. The summed E-state index contributed by atoms with van der Waals surface area (Å²) in [4.78, 5) is 29.1. The molecule has 1 aliphatic carbocycles. The summed E-state index contributed by atoms with van der Waals surface area (Å²) in [6.45, 7) is 4.61. The molecular formula is C40H29NO2. The van der Waals surface area contributed by atoms with Gasteiger partial charge in [-0.15, -0.1) is 0 Å². The average molecular weight is 556 g/mol. The number of anilines is 2. The zero-order valence-electron chi connectivity index (χ0n) is 24.3. The minimum atomic E-state index is -0.248. The summed E-state index contributed by atoms with van der Waals surface area (Å²) in [6, 6.07) is 39.4. The maximum absolute atomic E-state index is 13.4. The van der Waals surface area contributed by atoms with E-state index in [9.17, 15) is 9.59 Å². The fourth-order valence-corrected chi connectivity index (χ4v) is 7.07. The normalized spacial score (nSPS) is 15.0. The molecule has 0 amide bonds. The van der Waals surface area contributed by atoms with Crippen molar-refractivity contribution in [3.8, 4) is 11.1 Å². The first-order chi connectivity index (χ1) is 20.8. The first-order valence-corrected chi connectivity index (χ1v) is 14.7. The fraction of sp³-hybridized carbons (Fsp3) is 0.100. The molecular weight excluding hydrogens is 526 g/mol. The van der Waals surface area contributed by atoms with E-state index in [0.29, 0.717) is 11.1 Å². The molecule has 0 atom stereocenters. The number of allylic oxidation sites excluding steroid dienone is 1. The van der Waals surface area contributed by atoms with Gasteiger partial charge in [-0.05, 0) is 91.8 Å². The van der Waals surface area contributed by atoms with Crippen molar-refractivity contribution in [2.45, 2.75) is 19.3 Å². The van der Waals surface area contributed by atoms with Crippen LogP contribution in [0.2, 0.25) is 0 Å². The second kappa shape index (κ2) is 9.11. The minimum absolute atomic E-state index is 0.204. The lowest BCUT2D eigenvalue weighted by atomic mass is 9.71. The molecule has 3 nitrogen and oxygen atoms in total. The van der Waals surface area contributed by atoms with Gasteiger partial charge in [-0.3, -0.25) is 9.59 Å². The van der Waals surface area contributed by atoms with Gasteiger partial charge in [0, 0.05) is 35.0 Å². The monoisotopic (exact) mass is 555 g/mol. The summed E-state index contributed by atoms with van der Waals surface area (Å²) < 4.78 is 0. The van der Waals surface area contributed by atoms with E-state index in [1.54, 1.807) is 6.08 Å². The fourth-order valence-electron chi connectivity index (χ4n) is 7.07. The van der Waals surface area contributed by atoms with E-state index in [4.69, 9.17) is 0 Å². The molecule has 0 saturated heterocycles. The molecule has 0 radical (unpaired) electrons. The van der Waals surface area contributed by atoms with Crippen LogP contribution in [-0.4, -0.2) is 18.6 Å². The molecule has 6 aromatic carbocycles. The first kappa shape index (κ1) is 25.4. The van der Waals surface area contributed by atoms with Gasteiger partial charge in [-0.1, -0.05) is 92.7 Å². The molecule has 0 unspecified atom stereocenters. The molecule has 0 N–H and O–H groups in total. The maximum Gasteiger partial charge on any atom is 0.197 e. The Bertz CT molecular complexity index is 2150. The van der Waals surface area contributed by atoms with Gasteiger partial charge < -0.3 is 4.90 Å². The van der Waals surface area contributed by atoms with Crippen LogP contribution in [0.5, 0.6) is 0 Å². The number of benzene rings is 6. The van der Waals surface area contributed by atoms with Crippen molar-refractivity contribution in [1.29, 1.82) is 0 Å². The van der Waals surface area contributed by atoms with Crippen molar-refractivity contribution in [3.63, 3.8) is 0 Å². The highest BCUT2D eigenvalue weighted by atomic mass is 16.2. The van der Waals surface area contributed by atoms with Gasteiger partial charge in [0.05, 0.1) is 5.57 Å². The predicted octanol–water partition coefficient (Wildman–Crippen LogP) is 9.53. The molecule has 0 aromatic heterocycles.